The predicted octanol–water partition coefficient (Wildman–Crippen LogP) is 4.34. The van der Waals surface area contributed by atoms with Gasteiger partial charge in [-0.3, -0.25) is 4.90 Å². The van der Waals surface area contributed by atoms with E-state index in [9.17, 15) is 15.0 Å². The first-order valence-corrected chi connectivity index (χ1v) is 11.2. The highest BCUT2D eigenvalue weighted by Gasteiger charge is 2.39. The highest BCUT2D eigenvalue weighted by molar-refractivity contribution is 5.99. The van der Waals surface area contributed by atoms with Gasteiger partial charge in [-0.1, -0.05) is 0 Å². The zero-order valence-electron chi connectivity index (χ0n) is 19.3. The standard InChI is InChI=1S/C24H26FN5O4.ClH/c1-12-16(10-29-22-21(12)27-5-6-34-22)15-7-13-8-18(28-11-17(13)20(26)19(15)25)30(23(31)32)14-3-4-24(2,33)9-14;/h7-8,10-11,14,27,33H,3-6,9,26H2,1-2H3,(H,31,32);1H/t14-,24+;/m1./s1. The summed E-state index contributed by atoms with van der Waals surface area (Å²) in [5.74, 6) is 0.0817. The first-order chi connectivity index (χ1) is 16.2. The molecule has 35 heavy (non-hydrogen) atoms. The van der Waals surface area contributed by atoms with Crippen LogP contribution in [-0.4, -0.2) is 51.1 Å². The van der Waals surface area contributed by atoms with Gasteiger partial charge in [0, 0.05) is 41.5 Å². The van der Waals surface area contributed by atoms with Crippen LogP contribution in [0.5, 0.6) is 5.88 Å². The van der Waals surface area contributed by atoms with Gasteiger partial charge >= 0.3 is 6.09 Å². The molecule has 1 aliphatic carbocycles. The minimum Gasteiger partial charge on any atom is -0.474 e. The molecule has 1 amide bonds. The molecule has 0 saturated heterocycles. The zero-order valence-corrected chi connectivity index (χ0v) is 20.2. The van der Waals surface area contributed by atoms with E-state index in [1.165, 1.54) is 11.1 Å². The van der Waals surface area contributed by atoms with Crippen LogP contribution in [0.4, 0.5) is 26.4 Å². The van der Waals surface area contributed by atoms with E-state index < -0.39 is 23.6 Å². The Hall–Kier alpha value is -3.37. The van der Waals surface area contributed by atoms with Gasteiger partial charge in [0.15, 0.2) is 5.82 Å². The van der Waals surface area contributed by atoms with E-state index in [1.807, 2.05) is 6.92 Å². The van der Waals surface area contributed by atoms with Gasteiger partial charge in [-0.2, -0.15) is 0 Å². The Balaban J connectivity index is 0.00000289. The molecule has 5 rings (SSSR count). The van der Waals surface area contributed by atoms with E-state index in [0.717, 1.165) is 5.56 Å². The Morgan fingerprint density at radius 2 is 2.09 bits per heavy atom. The average Bonchev–Trinajstić information content (AvgIpc) is 3.15. The molecule has 2 aliphatic rings. The van der Waals surface area contributed by atoms with Crippen molar-refractivity contribution in [3.05, 3.63) is 35.9 Å². The van der Waals surface area contributed by atoms with Crippen molar-refractivity contribution in [2.75, 3.05) is 29.1 Å². The minimum atomic E-state index is -1.16. The summed E-state index contributed by atoms with van der Waals surface area (Å²) in [5.41, 5.74) is 7.45. The van der Waals surface area contributed by atoms with Crippen LogP contribution < -0.4 is 20.7 Å². The van der Waals surface area contributed by atoms with Crippen LogP contribution in [0, 0.1) is 12.7 Å². The van der Waals surface area contributed by atoms with Crippen LogP contribution in [0.3, 0.4) is 0 Å². The van der Waals surface area contributed by atoms with E-state index in [1.54, 1.807) is 25.3 Å². The number of nitrogens with two attached hydrogens (primary N) is 1. The lowest BCUT2D eigenvalue weighted by molar-refractivity contribution is 0.0664. The number of carboxylic acid groups (broad SMARTS) is 1. The Kier molecular flexibility index (Phi) is 6.37. The third kappa shape index (κ3) is 4.28. The second kappa shape index (κ2) is 9.01. The first-order valence-electron chi connectivity index (χ1n) is 11.2. The van der Waals surface area contributed by atoms with Crippen LogP contribution >= 0.6 is 12.4 Å². The number of hydrogen-bond donors (Lipinski definition) is 4. The third-order valence-electron chi connectivity index (χ3n) is 6.73. The molecule has 1 saturated carbocycles. The number of rotatable bonds is 3. The van der Waals surface area contributed by atoms with Gasteiger partial charge in [-0.15, -0.1) is 12.4 Å². The van der Waals surface area contributed by atoms with E-state index in [2.05, 4.69) is 15.3 Å². The molecule has 2 atom stereocenters. The third-order valence-corrected chi connectivity index (χ3v) is 6.73. The second-order valence-electron chi connectivity index (χ2n) is 9.21. The molecule has 3 heterocycles. The Morgan fingerprint density at radius 3 is 2.77 bits per heavy atom. The van der Waals surface area contributed by atoms with Crippen molar-refractivity contribution >= 4 is 46.5 Å². The molecule has 1 aromatic carbocycles. The number of anilines is 3. The summed E-state index contributed by atoms with van der Waals surface area (Å²) < 4.78 is 21.0. The highest BCUT2D eigenvalue weighted by Crippen LogP contribution is 2.40. The number of benzene rings is 1. The Morgan fingerprint density at radius 1 is 1.31 bits per heavy atom. The molecular formula is C24H27ClFN5O4. The van der Waals surface area contributed by atoms with Crippen molar-refractivity contribution < 1.29 is 24.1 Å². The van der Waals surface area contributed by atoms with Gasteiger partial charge in [0.2, 0.25) is 5.88 Å². The van der Waals surface area contributed by atoms with Gasteiger partial charge in [-0.05, 0) is 56.2 Å². The molecule has 1 fully saturated rings. The Labute approximate surface area is 207 Å². The molecule has 5 N–H and O–H groups in total. The van der Waals surface area contributed by atoms with Crippen molar-refractivity contribution in [1.29, 1.82) is 0 Å². The number of aliphatic hydroxyl groups is 1. The van der Waals surface area contributed by atoms with Crippen LogP contribution in [0.15, 0.2) is 24.5 Å². The fourth-order valence-corrected chi connectivity index (χ4v) is 4.96. The van der Waals surface area contributed by atoms with Crippen LogP contribution in [0.2, 0.25) is 0 Å². The summed E-state index contributed by atoms with van der Waals surface area (Å²) in [4.78, 5) is 21.9. The highest BCUT2D eigenvalue weighted by atomic mass is 35.5. The van der Waals surface area contributed by atoms with Crippen molar-refractivity contribution in [2.24, 2.45) is 0 Å². The summed E-state index contributed by atoms with van der Waals surface area (Å²) in [6.07, 6.45) is 3.11. The molecule has 0 bridgehead atoms. The maximum Gasteiger partial charge on any atom is 0.413 e. The summed E-state index contributed by atoms with van der Waals surface area (Å²) in [6, 6.07) is 2.82. The van der Waals surface area contributed by atoms with Gasteiger partial charge in [0.1, 0.15) is 18.1 Å². The molecule has 0 radical (unpaired) electrons. The summed E-state index contributed by atoms with van der Waals surface area (Å²) in [6.45, 7) is 4.68. The number of nitrogen functional groups attached to an aromatic ring is 1. The van der Waals surface area contributed by atoms with Crippen LogP contribution in [0.25, 0.3) is 21.9 Å². The maximum absolute atomic E-state index is 15.4. The Bertz CT molecular complexity index is 1320. The number of hydrogen-bond acceptors (Lipinski definition) is 7. The van der Waals surface area contributed by atoms with Crippen molar-refractivity contribution in [3.8, 4) is 17.0 Å². The lowest BCUT2D eigenvalue weighted by Crippen LogP contribution is -2.39. The molecule has 11 heteroatoms. The van der Waals surface area contributed by atoms with E-state index in [4.69, 9.17) is 10.5 Å². The van der Waals surface area contributed by atoms with Gasteiger partial charge in [-0.25, -0.2) is 19.2 Å². The number of nitrogens with zero attached hydrogens (tertiary/aromatic N) is 3. The van der Waals surface area contributed by atoms with Gasteiger partial charge in [0.05, 0.1) is 11.3 Å². The molecule has 9 nitrogen and oxygen atoms in total. The first kappa shape index (κ1) is 24.7. The minimum absolute atomic E-state index is 0. The lowest BCUT2D eigenvalue weighted by atomic mass is 9.97. The van der Waals surface area contributed by atoms with Crippen LogP contribution in [-0.2, 0) is 0 Å². The quantitative estimate of drug-likeness (QED) is 0.388. The van der Waals surface area contributed by atoms with Crippen molar-refractivity contribution in [3.63, 3.8) is 0 Å². The summed E-state index contributed by atoms with van der Waals surface area (Å²) in [5, 5.41) is 24.4. The fraction of sp³-hybridized carbons (Fsp3) is 0.375. The molecule has 2 aromatic heterocycles. The van der Waals surface area contributed by atoms with E-state index >= 15 is 4.39 Å². The van der Waals surface area contributed by atoms with Crippen molar-refractivity contribution in [1.82, 2.24) is 9.97 Å². The molecule has 1 aliphatic heterocycles. The van der Waals surface area contributed by atoms with Gasteiger partial charge in [0.25, 0.3) is 0 Å². The zero-order chi connectivity index (χ0) is 24.2. The topological polar surface area (TPSA) is 134 Å². The summed E-state index contributed by atoms with van der Waals surface area (Å²) in [7, 11) is 0. The molecule has 186 valence electrons. The van der Waals surface area contributed by atoms with Crippen LogP contribution in [0.1, 0.15) is 31.7 Å². The number of amides is 1. The van der Waals surface area contributed by atoms with Gasteiger partial charge < -0.3 is 26.0 Å². The smallest absolute Gasteiger partial charge is 0.413 e. The summed E-state index contributed by atoms with van der Waals surface area (Å²) >= 11 is 0. The lowest BCUT2D eigenvalue weighted by Gasteiger charge is -2.26. The molecular weight excluding hydrogens is 477 g/mol. The normalized spacial score (nSPS) is 21.0. The van der Waals surface area contributed by atoms with E-state index in [0.29, 0.717) is 60.3 Å². The number of pyridine rings is 2. The number of nitrogens with one attached hydrogen (secondary N) is 1. The maximum atomic E-state index is 15.4. The average molecular weight is 504 g/mol. The fourth-order valence-electron chi connectivity index (χ4n) is 4.96. The number of ether oxygens (including phenoxy) is 1. The number of carbonyl (C=O) groups is 1. The second-order valence-corrected chi connectivity index (χ2v) is 9.21. The molecule has 0 unspecified atom stereocenters. The SMILES string of the molecule is Cc1c(-c2cc3cc(N(C(=O)O)[C@@H]4CC[C@](C)(O)C4)ncc3c(N)c2F)cnc2c1NCCO2.Cl. The monoisotopic (exact) mass is 503 g/mol. The van der Waals surface area contributed by atoms with E-state index in [-0.39, 0.29) is 29.5 Å². The number of fused-ring (bicyclic) bond motifs is 2. The molecule has 0 spiro atoms. The van der Waals surface area contributed by atoms with Crippen molar-refractivity contribution in [2.45, 2.75) is 44.8 Å². The number of halogens is 2. The largest absolute Gasteiger partial charge is 0.474 e. The molecule has 3 aromatic rings. The predicted molar refractivity (Wildman–Crippen MR) is 134 cm³/mol. The number of aromatic nitrogens is 2.